The molecule has 2 aliphatic rings. The Morgan fingerprint density at radius 3 is 2.52 bits per heavy atom. The van der Waals surface area contributed by atoms with Crippen molar-refractivity contribution in [2.45, 2.75) is 24.0 Å². The van der Waals surface area contributed by atoms with Crippen molar-refractivity contribution >= 4 is 12.0 Å². The lowest BCUT2D eigenvalue weighted by Gasteiger charge is -2.30. The van der Waals surface area contributed by atoms with Crippen LogP contribution in [0, 0.1) is 10.1 Å². The molecule has 5 rings (SSSR count). The maximum Gasteiger partial charge on any atom is 0.251 e. The SMILES string of the molecule is O=C(c1ccccc1)C1C(c2ccco2)C([N+](=O)[O-])C2c3ccccc3C=NN12. The molecule has 1 aromatic heterocycles. The van der Waals surface area contributed by atoms with Crippen LogP contribution in [0.4, 0.5) is 0 Å². The first-order valence-corrected chi connectivity index (χ1v) is 9.34. The number of hydrogen-bond donors (Lipinski definition) is 0. The van der Waals surface area contributed by atoms with Gasteiger partial charge in [0.25, 0.3) is 6.04 Å². The molecular formula is C22H17N3O4. The van der Waals surface area contributed by atoms with Crippen LogP contribution in [-0.2, 0) is 0 Å². The van der Waals surface area contributed by atoms with Crippen LogP contribution in [0.3, 0.4) is 0 Å². The third kappa shape index (κ3) is 2.66. The van der Waals surface area contributed by atoms with Crippen molar-refractivity contribution in [3.63, 3.8) is 0 Å². The summed E-state index contributed by atoms with van der Waals surface area (Å²) in [6.07, 6.45) is 3.14. The molecule has 0 amide bonds. The van der Waals surface area contributed by atoms with E-state index in [2.05, 4.69) is 5.10 Å². The van der Waals surface area contributed by atoms with Gasteiger partial charge < -0.3 is 4.42 Å². The van der Waals surface area contributed by atoms with E-state index in [0.29, 0.717) is 11.3 Å². The van der Waals surface area contributed by atoms with E-state index in [0.717, 1.165) is 11.1 Å². The highest BCUT2D eigenvalue weighted by atomic mass is 16.6. The van der Waals surface area contributed by atoms with Gasteiger partial charge in [-0.25, -0.2) is 0 Å². The topological polar surface area (TPSA) is 88.9 Å². The number of carbonyl (C=O) groups is 1. The summed E-state index contributed by atoms with van der Waals surface area (Å²) >= 11 is 0. The molecule has 0 spiro atoms. The zero-order valence-corrected chi connectivity index (χ0v) is 15.3. The quantitative estimate of drug-likeness (QED) is 0.387. The van der Waals surface area contributed by atoms with Crippen LogP contribution in [0.25, 0.3) is 0 Å². The summed E-state index contributed by atoms with van der Waals surface area (Å²) in [6, 6.07) is 17.1. The van der Waals surface area contributed by atoms with E-state index in [9.17, 15) is 14.9 Å². The molecule has 1 fully saturated rings. The lowest BCUT2D eigenvalue weighted by Crippen LogP contribution is -2.38. The van der Waals surface area contributed by atoms with E-state index >= 15 is 0 Å². The van der Waals surface area contributed by atoms with Gasteiger partial charge in [0.1, 0.15) is 23.8 Å². The number of hydrazone groups is 1. The molecule has 7 nitrogen and oxygen atoms in total. The lowest BCUT2D eigenvalue weighted by molar-refractivity contribution is -0.529. The van der Waals surface area contributed by atoms with Crippen LogP contribution in [0.15, 0.2) is 82.5 Å². The number of Topliss-reactive ketones (excluding diaryl/α,β-unsaturated/α-hetero) is 1. The number of rotatable bonds is 4. The fourth-order valence-electron chi connectivity index (χ4n) is 4.48. The molecule has 0 bridgehead atoms. The van der Waals surface area contributed by atoms with Crippen LogP contribution in [0.1, 0.15) is 39.2 Å². The minimum Gasteiger partial charge on any atom is -0.469 e. The summed E-state index contributed by atoms with van der Waals surface area (Å²) in [7, 11) is 0. The van der Waals surface area contributed by atoms with Gasteiger partial charge in [0, 0.05) is 16.1 Å². The average molecular weight is 387 g/mol. The fraction of sp³-hybridized carbons (Fsp3) is 0.182. The third-order valence-corrected chi connectivity index (χ3v) is 5.69. The number of nitrogens with zero attached hydrogens (tertiary/aromatic N) is 3. The smallest absolute Gasteiger partial charge is 0.251 e. The maximum absolute atomic E-state index is 13.5. The lowest BCUT2D eigenvalue weighted by atomic mass is 9.85. The van der Waals surface area contributed by atoms with Gasteiger partial charge in [-0.15, -0.1) is 0 Å². The second-order valence-corrected chi connectivity index (χ2v) is 7.19. The standard InChI is InChI=1S/C22H17N3O4/c26-22(14-7-2-1-3-8-14)21-18(17-11-6-12-29-17)20(25(27)28)19-16-10-5-4-9-15(16)13-23-24(19)21/h1-13,18-21H. The first kappa shape index (κ1) is 17.4. The van der Waals surface area contributed by atoms with Crippen molar-refractivity contribution in [3.8, 4) is 0 Å². The average Bonchev–Trinajstić information content (AvgIpc) is 3.39. The highest BCUT2D eigenvalue weighted by Crippen LogP contribution is 2.49. The Hall–Kier alpha value is -3.74. The van der Waals surface area contributed by atoms with Gasteiger partial charge in [-0.3, -0.25) is 19.9 Å². The maximum atomic E-state index is 13.5. The van der Waals surface area contributed by atoms with Gasteiger partial charge in [0.05, 0.1) is 12.5 Å². The Bertz CT molecular complexity index is 1090. The van der Waals surface area contributed by atoms with Gasteiger partial charge >= 0.3 is 0 Å². The number of carbonyl (C=O) groups excluding carboxylic acids is 1. The summed E-state index contributed by atoms with van der Waals surface area (Å²) in [4.78, 5) is 25.5. The van der Waals surface area contributed by atoms with Crippen LogP contribution in [-0.4, -0.2) is 34.0 Å². The van der Waals surface area contributed by atoms with Gasteiger partial charge in [-0.2, -0.15) is 5.10 Å². The van der Waals surface area contributed by atoms with Crippen molar-refractivity contribution in [3.05, 3.63) is 106 Å². The van der Waals surface area contributed by atoms with Gasteiger partial charge in [0.2, 0.25) is 0 Å². The molecule has 29 heavy (non-hydrogen) atoms. The van der Waals surface area contributed by atoms with E-state index in [4.69, 9.17) is 4.42 Å². The minimum absolute atomic E-state index is 0.210. The first-order valence-electron chi connectivity index (χ1n) is 9.34. The highest BCUT2D eigenvalue weighted by Gasteiger charge is 2.61. The molecule has 3 aromatic rings. The van der Waals surface area contributed by atoms with E-state index in [1.807, 2.05) is 30.3 Å². The molecule has 144 valence electrons. The molecule has 0 radical (unpaired) electrons. The summed E-state index contributed by atoms with van der Waals surface area (Å²) < 4.78 is 5.57. The number of furan rings is 1. The normalized spacial score (nSPS) is 24.8. The van der Waals surface area contributed by atoms with Crippen molar-refractivity contribution in [1.29, 1.82) is 0 Å². The van der Waals surface area contributed by atoms with E-state index in [1.165, 1.54) is 6.26 Å². The molecule has 2 aliphatic heterocycles. The predicted molar refractivity (Wildman–Crippen MR) is 105 cm³/mol. The predicted octanol–water partition coefficient (Wildman–Crippen LogP) is 3.66. The van der Waals surface area contributed by atoms with Crippen LogP contribution < -0.4 is 0 Å². The van der Waals surface area contributed by atoms with Crippen molar-refractivity contribution in [2.24, 2.45) is 5.10 Å². The van der Waals surface area contributed by atoms with Crippen molar-refractivity contribution in [2.75, 3.05) is 0 Å². The Kier molecular flexibility index (Phi) is 4.01. The van der Waals surface area contributed by atoms with Crippen LogP contribution in [0.2, 0.25) is 0 Å². The molecule has 4 atom stereocenters. The number of hydrogen-bond acceptors (Lipinski definition) is 6. The minimum atomic E-state index is -1.07. The largest absolute Gasteiger partial charge is 0.469 e. The zero-order valence-electron chi connectivity index (χ0n) is 15.3. The van der Waals surface area contributed by atoms with Gasteiger partial charge in [0.15, 0.2) is 5.78 Å². The Balaban J connectivity index is 1.70. The Labute approximate surface area is 166 Å². The Morgan fingerprint density at radius 2 is 1.79 bits per heavy atom. The van der Waals surface area contributed by atoms with Crippen LogP contribution in [0.5, 0.6) is 0 Å². The fourth-order valence-corrected chi connectivity index (χ4v) is 4.48. The molecule has 7 heteroatoms. The summed E-state index contributed by atoms with van der Waals surface area (Å²) in [5, 5.41) is 18.3. The molecule has 3 heterocycles. The number of ketones is 1. The third-order valence-electron chi connectivity index (χ3n) is 5.69. The molecular weight excluding hydrogens is 370 g/mol. The molecule has 2 aromatic carbocycles. The van der Waals surface area contributed by atoms with E-state index < -0.39 is 24.0 Å². The molecule has 4 unspecified atom stereocenters. The summed E-state index contributed by atoms with van der Waals surface area (Å²) in [5.74, 6) is -0.554. The number of fused-ring (bicyclic) bond motifs is 3. The summed E-state index contributed by atoms with van der Waals surface area (Å²) in [5.41, 5.74) is 2.11. The van der Waals surface area contributed by atoms with Crippen molar-refractivity contribution < 1.29 is 14.1 Å². The van der Waals surface area contributed by atoms with E-state index in [1.54, 1.807) is 47.6 Å². The number of benzene rings is 2. The first-order chi connectivity index (χ1) is 14.2. The zero-order chi connectivity index (χ0) is 20.0. The molecule has 0 N–H and O–H groups in total. The molecule has 0 saturated carbocycles. The second kappa shape index (κ2) is 6.70. The Morgan fingerprint density at radius 1 is 1.03 bits per heavy atom. The van der Waals surface area contributed by atoms with Crippen LogP contribution >= 0.6 is 0 Å². The number of nitro groups is 1. The highest BCUT2D eigenvalue weighted by molar-refractivity contribution is 6.01. The van der Waals surface area contributed by atoms with Crippen molar-refractivity contribution in [1.82, 2.24) is 5.01 Å². The monoisotopic (exact) mass is 387 g/mol. The van der Waals surface area contributed by atoms with Gasteiger partial charge in [-0.05, 0) is 17.7 Å². The second-order valence-electron chi connectivity index (χ2n) is 7.19. The van der Waals surface area contributed by atoms with Gasteiger partial charge in [-0.1, -0.05) is 54.6 Å². The summed E-state index contributed by atoms with van der Waals surface area (Å²) in [6.45, 7) is 0. The molecule has 1 saturated heterocycles. The van der Waals surface area contributed by atoms with E-state index in [-0.39, 0.29) is 10.7 Å². The molecule has 0 aliphatic carbocycles.